The van der Waals surface area contributed by atoms with Gasteiger partial charge in [0.05, 0.1) is 6.61 Å². The van der Waals surface area contributed by atoms with Gasteiger partial charge in [-0.1, -0.05) is 51.1 Å². The van der Waals surface area contributed by atoms with Gasteiger partial charge in [0.25, 0.3) is 5.60 Å². The molecule has 1 aromatic rings. The number of hydrogen-bond donors (Lipinski definition) is 2. The Morgan fingerprint density at radius 3 is 2.13 bits per heavy atom. The van der Waals surface area contributed by atoms with Crippen molar-refractivity contribution in [2.24, 2.45) is 17.3 Å². The molecule has 0 unspecified atom stereocenters. The summed E-state index contributed by atoms with van der Waals surface area (Å²) in [5, 5.41) is 13.2. The number of esters is 1. The van der Waals surface area contributed by atoms with Crippen LogP contribution in [-0.2, 0) is 20.7 Å². The number of alkyl halides is 3. The third-order valence-corrected chi connectivity index (χ3v) is 5.24. The van der Waals surface area contributed by atoms with Crippen LogP contribution < -0.4 is 5.32 Å². The van der Waals surface area contributed by atoms with E-state index in [1.54, 1.807) is 20.8 Å². The molecule has 2 N–H and O–H groups in total. The average molecular weight is 431 g/mol. The van der Waals surface area contributed by atoms with Crippen molar-refractivity contribution in [3.05, 3.63) is 35.9 Å². The van der Waals surface area contributed by atoms with Crippen molar-refractivity contribution in [3.63, 3.8) is 0 Å². The maximum Gasteiger partial charge on any atom is 0.428 e. The van der Waals surface area contributed by atoms with Crippen LogP contribution in [0.15, 0.2) is 30.3 Å². The highest BCUT2D eigenvalue weighted by molar-refractivity contribution is 5.84. The fourth-order valence-electron chi connectivity index (χ4n) is 3.84. The van der Waals surface area contributed by atoms with Crippen LogP contribution in [0.1, 0.15) is 46.1 Å². The molecule has 0 radical (unpaired) electrons. The Balaban J connectivity index is 3.44. The highest BCUT2D eigenvalue weighted by Crippen LogP contribution is 2.47. The van der Waals surface area contributed by atoms with E-state index in [4.69, 9.17) is 0 Å². The van der Waals surface area contributed by atoms with Crippen molar-refractivity contribution in [1.82, 2.24) is 5.32 Å². The van der Waals surface area contributed by atoms with Crippen molar-refractivity contribution in [3.8, 4) is 0 Å². The summed E-state index contributed by atoms with van der Waals surface area (Å²) in [5.74, 6) is -5.45. The van der Waals surface area contributed by atoms with Gasteiger partial charge in [0.1, 0.15) is 0 Å². The molecular weight excluding hydrogens is 399 g/mol. The fraction of sp³-hybridized carbons (Fsp3) is 0.636. The first-order chi connectivity index (χ1) is 13.8. The summed E-state index contributed by atoms with van der Waals surface area (Å²) in [6.07, 6.45) is -4.82. The zero-order valence-corrected chi connectivity index (χ0v) is 18.2. The minimum atomic E-state index is -5.31. The molecule has 0 bridgehead atoms. The normalized spacial score (nSPS) is 16.3. The molecule has 0 aliphatic carbocycles. The van der Waals surface area contributed by atoms with Crippen LogP contribution in [-0.4, -0.2) is 42.4 Å². The number of halogens is 3. The number of ether oxygens (including phenoxy) is 1. The van der Waals surface area contributed by atoms with Crippen molar-refractivity contribution < 1.29 is 32.6 Å². The second-order valence-corrected chi connectivity index (χ2v) is 8.43. The van der Waals surface area contributed by atoms with E-state index in [-0.39, 0.29) is 19.4 Å². The molecule has 0 aliphatic rings. The number of amides is 1. The van der Waals surface area contributed by atoms with Gasteiger partial charge in [-0.25, -0.2) is 4.79 Å². The van der Waals surface area contributed by atoms with Crippen molar-refractivity contribution in [2.45, 2.75) is 58.7 Å². The number of rotatable bonds is 9. The monoisotopic (exact) mass is 431 g/mol. The van der Waals surface area contributed by atoms with Crippen LogP contribution in [0.2, 0.25) is 0 Å². The number of hydrogen-bond acceptors (Lipinski definition) is 4. The minimum absolute atomic E-state index is 0.195. The second-order valence-electron chi connectivity index (χ2n) is 8.43. The molecule has 0 saturated heterocycles. The van der Waals surface area contributed by atoms with Crippen LogP contribution in [0.3, 0.4) is 0 Å². The summed E-state index contributed by atoms with van der Waals surface area (Å²) in [4.78, 5) is 25.1. The lowest BCUT2D eigenvalue weighted by Crippen LogP contribution is -2.63. The van der Waals surface area contributed by atoms with Crippen molar-refractivity contribution in [2.75, 3.05) is 13.7 Å². The summed E-state index contributed by atoms with van der Waals surface area (Å²) in [5.41, 5.74) is -3.84. The topological polar surface area (TPSA) is 75.6 Å². The number of carbonyl (C=O) groups is 2. The van der Waals surface area contributed by atoms with Gasteiger partial charge < -0.3 is 15.2 Å². The summed E-state index contributed by atoms with van der Waals surface area (Å²) in [6, 6.07) is 9.16. The van der Waals surface area contributed by atoms with Gasteiger partial charge in [-0.05, 0) is 37.2 Å². The largest absolute Gasteiger partial charge is 0.464 e. The molecular formula is C22H32F3NO4. The molecule has 0 aliphatic heterocycles. The highest BCUT2D eigenvalue weighted by Gasteiger charge is 2.67. The molecule has 3 atom stereocenters. The molecule has 0 aromatic heterocycles. The van der Waals surface area contributed by atoms with E-state index in [0.717, 1.165) is 5.56 Å². The van der Waals surface area contributed by atoms with E-state index < -0.39 is 40.9 Å². The molecule has 8 heteroatoms. The lowest BCUT2D eigenvalue weighted by molar-refractivity contribution is -0.286. The van der Waals surface area contributed by atoms with Gasteiger partial charge in [-0.3, -0.25) is 4.79 Å². The summed E-state index contributed by atoms with van der Waals surface area (Å²) in [7, 11) is 1.32. The molecule has 1 amide bonds. The first-order valence-corrected chi connectivity index (χ1v) is 10.0. The Bertz CT molecular complexity index is 701. The van der Waals surface area contributed by atoms with Crippen LogP contribution >= 0.6 is 0 Å². The van der Waals surface area contributed by atoms with Crippen LogP contribution in [0, 0.1) is 17.3 Å². The van der Waals surface area contributed by atoms with Gasteiger partial charge in [0, 0.05) is 18.9 Å². The Kier molecular flexibility index (Phi) is 8.90. The van der Waals surface area contributed by atoms with E-state index in [2.05, 4.69) is 10.1 Å². The van der Waals surface area contributed by atoms with Gasteiger partial charge >= 0.3 is 12.1 Å². The molecule has 0 heterocycles. The molecule has 5 nitrogen and oxygen atoms in total. The Morgan fingerprint density at radius 1 is 1.13 bits per heavy atom. The van der Waals surface area contributed by atoms with E-state index in [0.29, 0.717) is 6.42 Å². The molecule has 0 saturated carbocycles. The van der Waals surface area contributed by atoms with Crippen molar-refractivity contribution in [1.29, 1.82) is 0 Å². The predicted octanol–water partition coefficient (Wildman–Crippen LogP) is 3.89. The molecule has 30 heavy (non-hydrogen) atoms. The second kappa shape index (κ2) is 10.3. The third-order valence-electron chi connectivity index (χ3n) is 5.24. The summed E-state index contributed by atoms with van der Waals surface area (Å²) in [6.45, 7) is 5.87. The first-order valence-electron chi connectivity index (χ1n) is 10.0. The molecule has 1 aromatic carbocycles. The fourth-order valence-corrected chi connectivity index (χ4v) is 3.84. The van der Waals surface area contributed by atoms with Gasteiger partial charge in [-0.15, -0.1) is 0 Å². The molecule has 0 spiro atoms. The van der Waals surface area contributed by atoms with Crippen molar-refractivity contribution >= 4 is 11.9 Å². The van der Waals surface area contributed by atoms with Crippen LogP contribution in [0.5, 0.6) is 0 Å². The van der Waals surface area contributed by atoms with Crippen LogP contribution in [0.25, 0.3) is 0 Å². The van der Waals surface area contributed by atoms with E-state index in [9.17, 15) is 27.9 Å². The number of nitrogens with one attached hydrogen (secondary N) is 1. The quantitative estimate of drug-likeness (QED) is 0.582. The summed E-state index contributed by atoms with van der Waals surface area (Å²) < 4.78 is 46.9. The SMILES string of the molecule is CCOC(=O)[C@](O)([C@H](CCCc1ccccc1)[C@H](C(=O)NC)C(C)(C)C)C(F)(F)F. The predicted molar refractivity (Wildman–Crippen MR) is 108 cm³/mol. The minimum Gasteiger partial charge on any atom is -0.464 e. The molecule has 0 fully saturated rings. The summed E-state index contributed by atoms with van der Waals surface area (Å²) >= 11 is 0. The molecule has 170 valence electrons. The maximum atomic E-state index is 14.1. The number of aryl methyl sites for hydroxylation is 1. The molecule has 1 rings (SSSR count). The van der Waals surface area contributed by atoms with E-state index in [1.807, 2.05) is 30.3 Å². The zero-order valence-electron chi connectivity index (χ0n) is 18.2. The highest BCUT2D eigenvalue weighted by atomic mass is 19.4. The number of aliphatic hydroxyl groups is 1. The lowest BCUT2D eigenvalue weighted by Gasteiger charge is -2.43. The number of benzene rings is 1. The Labute approximate surface area is 176 Å². The third kappa shape index (κ3) is 5.97. The Hall–Kier alpha value is -2.09. The standard InChI is InChI=1S/C22H32F3NO4/c1-6-30-19(28)21(29,22(23,24)25)16(17(18(27)26-5)20(2,3)4)14-10-13-15-11-8-7-9-12-15/h7-9,11-12,16-17,29H,6,10,13-14H2,1-5H3,(H,26,27)/t16-,17-,21-/m1/s1. The zero-order chi connectivity index (χ0) is 23.2. The maximum absolute atomic E-state index is 14.1. The van der Waals surface area contributed by atoms with Gasteiger partial charge in [-0.2, -0.15) is 13.2 Å². The average Bonchev–Trinajstić information content (AvgIpc) is 2.65. The van der Waals surface area contributed by atoms with E-state index in [1.165, 1.54) is 14.0 Å². The smallest absolute Gasteiger partial charge is 0.428 e. The van der Waals surface area contributed by atoms with Crippen LogP contribution in [0.4, 0.5) is 13.2 Å². The lowest BCUT2D eigenvalue weighted by atomic mass is 9.64. The first kappa shape index (κ1) is 25.9. The van der Waals surface area contributed by atoms with Gasteiger partial charge in [0.15, 0.2) is 0 Å². The van der Waals surface area contributed by atoms with E-state index >= 15 is 0 Å². The Morgan fingerprint density at radius 2 is 1.70 bits per heavy atom. The van der Waals surface area contributed by atoms with Gasteiger partial charge in [0.2, 0.25) is 5.91 Å². The number of carbonyl (C=O) groups excluding carboxylic acids is 2.